The van der Waals surface area contributed by atoms with Crippen LogP contribution in [0.3, 0.4) is 0 Å². The molecule has 0 bridgehead atoms. The van der Waals surface area contributed by atoms with Crippen molar-refractivity contribution in [2.45, 2.75) is 25.9 Å². The minimum atomic E-state index is 0.248. The minimum Gasteiger partial charge on any atom is -0.504 e. The third kappa shape index (κ3) is 3.39. The molecule has 2 rings (SSSR count). The molecule has 0 aromatic heterocycles. The Balaban J connectivity index is 1.95. The number of hydrogen-bond donors (Lipinski definition) is 2. The predicted molar refractivity (Wildman–Crippen MR) is 76.6 cm³/mol. The zero-order chi connectivity index (χ0) is 13.8. The Morgan fingerprint density at radius 2 is 2.26 bits per heavy atom. The van der Waals surface area contributed by atoms with E-state index < -0.39 is 0 Å². The molecule has 2 N–H and O–H groups in total. The standard InChI is InChI=1S/C15H24N2O2/c1-11-10-17(2)8-7-13(11)16-9-12-5-4-6-14(19-3)15(12)18/h4-6,11,13,16,18H,7-10H2,1-3H3. The highest BCUT2D eigenvalue weighted by atomic mass is 16.5. The highest BCUT2D eigenvalue weighted by molar-refractivity contribution is 5.45. The maximum atomic E-state index is 10.1. The van der Waals surface area contributed by atoms with Crippen LogP contribution in [-0.2, 0) is 6.54 Å². The fourth-order valence-electron chi connectivity index (χ4n) is 2.77. The van der Waals surface area contributed by atoms with Crippen molar-refractivity contribution in [2.24, 2.45) is 5.92 Å². The normalized spacial score (nSPS) is 24.4. The van der Waals surface area contributed by atoms with Crippen LogP contribution in [0.5, 0.6) is 11.5 Å². The maximum Gasteiger partial charge on any atom is 0.162 e. The van der Waals surface area contributed by atoms with Gasteiger partial charge in [-0.3, -0.25) is 0 Å². The number of phenolic OH excluding ortho intramolecular Hbond substituents is 1. The number of piperidine rings is 1. The molecule has 1 heterocycles. The monoisotopic (exact) mass is 264 g/mol. The summed E-state index contributed by atoms with van der Waals surface area (Å²) in [7, 11) is 3.74. The first-order valence-corrected chi connectivity index (χ1v) is 6.88. The average molecular weight is 264 g/mol. The van der Waals surface area contributed by atoms with Gasteiger partial charge in [-0.05, 0) is 32.0 Å². The van der Waals surface area contributed by atoms with E-state index in [0.29, 0.717) is 24.3 Å². The molecule has 1 saturated heterocycles. The number of phenols is 1. The van der Waals surface area contributed by atoms with Crippen molar-refractivity contribution >= 4 is 0 Å². The van der Waals surface area contributed by atoms with E-state index in [0.717, 1.165) is 25.1 Å². The van der Waals surface area contributed by atoms with Gasteiger partial charge in [-0.25, -0.2) is 0 Å². The molecule has 1 aliphatic heterocycles. The quantitative estimate of drug-likeness (QED) is 0.871. The average Bonchev–Trinajstić information content (AvgIpc) is 2.39. The van der Waals surface area contributed by atoms with Gasteiger partial charge in [0.25, 0.3) is 0 Å². The summed E-state index contributed by atoms with van der Waals surface area (Å²) in [5.74, 6) is 1.42. The number of likely N-dealkylation sites (tertiary alicyclic amines) is 1. The van der Waals surface area contributed by atoms with Crippen molar-refractivity contribution in [3.05, 3.63) is 23.8 Å². The van der Waals surface area contributed by atoms with E-state index in [1.807, 2.05) is 12.1 Å². The molecular weight excluding hydrogens is 240 g/mol. The van der Waals surface area contributed by atoms with E-state index in [1.165, 1.54) is 0 Å². The third-order valence-electron chi connectivity index (χ3n) is 3.97. The lowest BCUT2D eigenvalue weighted by Gasteiger charge is -2.35. The molecule has 2 unspecified atom stereocenters. The molecule has 0 amide bonds. The molecule has 1 fully saturated rings. The summed E-state index contributed by atoms with van der Waals surface area (Å²) in [6, 6.07) is 6.14. The fraction of sp³-hybridized carbons (Fsp3) is 0.600. The van der Waals surface area contributed by atoms with Crippen molar-refractivity contribution in [1.82, 2.24) is 10.2 Å². The van der Waals surface area contributed by atoms with E-state index in [4.69, 9.17) is 4.74 Å². The van der Waals surface area contributed by atoms with Gasteiger partial charge in [0.1, 0.15) is 0 Å². The third-order valence-corrected chi connectivity index (χ3v) is 3.97. The Kier molecular flexibility index (Phi) is 4.66. The van der Waals surface area contributed by atoms with Gasteiger partial charge in [0.2, 0.25) is 0 Å². The zero-order valence-electron chi connectivity index (χ0n) is 12.0. The van der Waals surface area contributed by atoms with Gasteiger partial charge in [-0.1, -0.05) is 19.1 Å². The molecule has 0 aliphatic carbocycles. The number of benzene rings is 1. The first-order valence-electron chi connectivity index (χ1n) is 6.88. The van der Waals surface area contributed by atoms with Crippen LogP contribution in [0.4, 0.5) is 0 Å². The van der Waals surface area contributed by atoms with Crippen LogP contribution in [0.2, 0.25) is 0 Å². The smallest absolute Gasteiger partial charge is 0.162 e. The van der Waals surface area contributed by atoms with Crippen molar-refractivity contribution in [3.63, 3.8) is 0 Å². The number of methoxy groups -OCH3 is 1. The molecule has 0 radical (unpaired) electrons. The molecule has 1 aromatic carbocycles. The Morgan fingerprint density at radius 3 is 2.95 bits per heavy atom. The molecule has 2 atom stereocenters. The summed E-state index contributed by atoms with van der Waals surface area (Å²) in [6.45, 7) is 5.22. The number of nitrogens with zero attached hydrogens (tertiary/aromatic N) is 1. The summed E-state index contributed by atoms with van der Waals surface area (Å²) < 4.78 is 5.13. The van der Waals surface area contributed by atoms with E-state index in [9.17, 15) is 5.11 Å². The highest BCUT2D eigenvalue weighted by Gasteiger charge is 2.23. The fourth-order valence-corrected chi connectivity index (χ4v) is 2.77. The van der Waals surface area contributed by atoms with Crippen LogP contribution in [0.25, 0.3) is 0 Å². The molecule has 1 aliphatic rings. The summed E-state index contributed by atoms with van der Waals surface area (Å²) in [6.07, 6.45) is 1.16. The summed E-state index contributed by atoms with van der Waals surface area (Å²) >= 11 is 0. The van der Waals surface area contributed by atoms with Gasteiger partial charge in [-0.2, -0.15) is 0 Å². The van der Waals surface area contributed by atoms with Gasteiger partial charge in [-0.15, -0.1) is 0 Å². The lowest BCUT2D eigenvalue weighted by molar-refractivity contribution is 0.174. The van der Waals surface area contributed by atoms with Gasteiger partial charge < -0.3 is 20.1 Å². The van der Waals surface area contributed by atoms with E-state index >= 15 is 0 Å². The van der Waals surface area contributed by atoms with E-state index in [1.54, 1.807) is 13.2 Å². The summed E-state index contributed by atoms with van der Waals surface area (Å²) in [5.41, 5.74) is 0.894. The summed E-state index contributed by atoms with van der Waals surface area (Å²) in [4.78, 5) is 2.37. The van der Waals surface area contributed by atoms with Gasteiger partial charge in [0.15, 0.2) is 11.5 Å². The topological polar surface area (TPSA) is 44.7 Å². The molecule has 1 aromatic rings. The second-order valence-corrected chi connectivity index (χ2v) is 5.48. The number of para-hydroxylation sites is 1. The molecule has 4 heteroatoms. The lowest BCUT2D eigenvalue weighted by Crippen LogP contribution is -2.46. The largest absolute Gasteiger partial charge is 0.504 e. The molecule has 0 spiro atoms. The van der Waals surface area contributed by atoms with Crippen LogP contribution >= 0.6 is 0 Å². The number of hydrogen-bond acceptors (Lipinski definition) is 4. The Bertz CT molecular complexity index is 423. The zero-order valence-corrected chi connectivity index (χ0v) is 12.0. The van der Waals surface area contributed by atoms with Crippen molar-refractivity contribution in [3.8, 4) is 11.5 Å². The molecule has 4 nitrogen and oxygen atoms in total. The Morgan fingerprint density at radius 1 is 1.47 bits per heavy atom. The molecule has 0 saturated carbocycles. The number of rotatable bonds is 4. The summed E-state index contributed by atoms with van der Waals surface area (Å²) in [5, 5.41) is 13.6. The van der Waals surface area contributed by atoms with E-state index in [2.05, 4.69) is 24.2 Å². The first kappa shape index (κ1) is 14.2. The van der Waals surface area contributed by atoms with E-state index in [-0.39, 0.29) is 5.75 Å². The molecular formula is C15H24N2O2. The number of ether oxygens (including phenoxy) is 1. The molecule has 106 valence electrons. The Labute approximate surface area is 115 Å². The van der Waals surface area contributed by atoms with Crippen LogP contribution in [-0.4, -0.2) is 43.3 Å². The Hall–Kier alpha value is -1.26. The van der Waals surface area contributed by atoms with Crippen molar-refractivity contribution in [1.29, 1.82) is 0 Å². The minimum absolute atomic E-state index is 0.248. The van der Waals surface area contributed by atoms with Crippen LogP contribution in [0, 0.1) is 5.92 Å². The predicted octanol–water partition coefficient (Wildman–Crippen LogP) is 1.83. The van der Waals surface area contributed by atoms with Crippen molar-refractivity contribution in [2.75, 3.05) is 27.2 Å². The van der Waals surface area contributed by atoms with Gasteiger partial charge in [0, 0.05) is 24.7 Å². The first-order chi connectivity index (χ1) is 9.11. The SMILES string of the molecule is COc1cccc(CNC2CCN(C)CC2C)c1O. The van der Waals surface area contributed by atoms with Crippen LogP contribution < -0.4 is 10.1 Å². The van der Waals surface area contributed by atoms with Gasteiger partial charge in [0.05, 0.1) is 7.11 Å². The van der Waals surface area contributed by atoms with Crippen molar-refractivity contribution < 1.29 is 9.84 Å². The number of aromatic hydroxyl groups is 1. The second kappa shape index (κ2) is 6.26. The van der Waals surface area contributed by atoms with Crippen LogP contribution in [0.1, 0.15) is 18.9 Å². The van der Waals surface area contributed by atoms with Gasteiger partial charge >= 0.3 is 0 Å². The maximum absolute atomic E-state index is 10.1. The molecule has 19 heavy (non-hydrogen) atoms. The highest BCUT2D eigenvalue weighted by Crippen LogP contribution is 2.29. The lowest BCUT2D eigenvalue weighted by atomic mass is 9.94. The van der Waals surface area contributed by atoms with Crippen LogP contribution in [0.15, 0.2) is 18.2 Å². The number of nitrogens with one attached hydrogen (secondary N) is 1. The second-order valence-electron chi connectivity index (χ2n) is 5.48.